The molecule has 1 N–H and O–H groups in total. The number of ether oxygens (including phenoxy) is 3. The number of anilines is 1. The van der Waals surface area contributed by atoms with Crippen LogP contribution in [0.1, 0.15) is 12.5 Å². The predicted octanol–water partition coefficient (Wildman–Crippen LogP) is 4.59. The third kappa shape index (κ3) is 5.90. The molecule has 0 spiro atoms. The second kappa shape index (κ2) is 10.0. The zero-order valence-electron chi connectivity index (χ0n) is 15.5. The first kappa shape index (κ1) is 21.6. The number of methoxy groups -OCH3 is 2. The molecule has 0 fully saturated rings. The molecule has 2 rings (SSSR count). The number of hydrogen-bond donors (Lipinski definition) is 1. The molecule has 0 heterocycles. The Morgan fingerprint density at radius 3 is 2.36 bits per heavy atom. The van der Waals surface area contributed by atoms with Crippen molar-refractivity contribution in [2.24, 2.45) is 0 Å². The van der Waals surface area contributed by atoms with E-state index < -0.39 is 18.0 Å². The average Bonchev–Trinajstić information content (AvgIpc) is 2.67. The van der Waals surface area contributed by atoms with E-state index in [9.17, 15) is 9.59 Å². The minimum absolute atomic E-state index is 0.338. The molecule has 148 valence electrons. The van der Waals surface area contributed by atoms with E-state index in [1.807, 2.05) is 0 Å². The minimum Gasteiger partial charge on any atom is -0.493 e. The van der Waals surface area contributed by atoms with Crippen molar-refractivity contribution in [3.05, 3.63) is 58.1 Å². The molecule has 8 heteroatoms. The maximum absolute atomic E-state index is 12.1. The lowest BCUT2D eigenvalue weighted by Crippen LogP contribution is -2.29. The van der Waals surface area contributed by atoms with Crippen molar-refractivity contribution in [3.8, 4) is 11.5 Å². The minimum atomic E-state index is -0.984. The summed E-state index contributed by atoms with van der Waals surface area (Å²) in [6.07, 6.45) is 1.71. The number of halogens is 2. The molecule has 1 amide bonds. The number of benzene rings is 2. The summed E-state index contributed by atoms with van der Waals surface area (Å²) in [7, 11) is 2.96. The zero-order valence-corrected chi connectivity index (χ0v) is 17.0. The van der Waals surface area contributed by atoms with Gasteiger partial charge in [0.05, 0.1) is 19.2 Å². The molecule has 0 aliphatic heterocycles. The largest absolute Gasteiger partial charge is 0.493 e. The lowest BCUT2D eigenvalue weighted by Gasteiger charge is -2.12. The van der Waals surface area contributed by atoms with Gasteiger partial charge in [0.1, 0.15) is 0 Å². The highest BCUT2D eigenvalue weighted by molar-refractivity contribution is 6.32. The highest BCUT2D eigenvalue weighted by Gasteiger charge is 2.17. The van der Waals surface area contributed by atoms with Crippen molar-refractivity contribution in [2.45, 2.75) is 13.0 Å². The molecule has 0 saturated heterocycles. The van der Waals surface area contributed by atoms with Gasteiger partial charge in [-0.2, -0.15) is 0 Å². The number of nitrogens with one attached hydrogen (secondary N) is 1. The van der Waals surface area contributed by atoms with E-state index in [1.165, 1.54) is 33.3 Å². The Morgan fingerprint density at radius 1 is 1.07 bits per heavy atom. The van der Waals surface area contributed by atoms with Gasteiger partial charge in [0.2, 0.25) is 0 Å². The summed E-state index contributed by atoms with van der Waals surface area (Å²) in [5, 5.41) is 3.53. The van der Waals surface area contributed by atoms with Crippen LogP contribution in [-0.4, -0.2) is 32.2 Å². The lowest BCUT2D eigenvalue weighted by molar-refractivity contribution is -0.148. The van der Waals surface area contributed by atoms with Crippen LogP contribution in [0.25, 0.3) is 6.08 Å². The quantitative estimate of drug-likeness (QED) is 0.520. The second-order valence-corrected chi connectivity index (χ2v) is 6.49. The molecule has 0 saturated carbocycles. The molecule has 2 aromatic carbocycles. The highest BCUT2D eigenvalue weighted by Crippen LogP contribution is 2.36. The number of amides is 1. The van der Waals surface area contributed by atoms with Crippen molar-refractivity contribution in [2.75, 3.05) is 19.5 Å². The average molecular weight is 424 g/mol. The molecule has 28 heavy (non-hydrogen) atoms. The Hall–Kier alpha value is -2.70. The van der Waals surface area contributed by atoms with E-state index in [0.717, 1.165) is 0 Å². The summed E-state index contributed by atoms with van der Waals surface area (Å²) >= 11 is 11.9. The Bertz CT molecular complexity index is 881. The molecule has 1 unspecified atom stereocenters. The molecule has 0 radical (unpaired) electrons. The SMILES string of the molecule is COc1cc(/C=C/C(=O)OC(C)C(=O)Nc2ccc(Cl)cc2)cc(Cl)c1OC. The fourth-order valence-electron chi connectivity index (χ4n) is 2.24. The maximum Gasteiger partial charge on any atom is 0.331 e. The molecule has 0 aliphatic rings. The molecule has 0 bridgehead atoms. The van der Waals surface area contributed by atoms with Gasteiger partial charge in [-0.3, -0.25) is 4.79 Å². The smallest absolute Gasteiger partial charge is 0.331 e. The van der Waals surface area contributed by atoms with Crippen LogP contribution in [-0.2, 0) is 14.3 Å². The predicted molar refractivity (Wildman–Crippen MR) is 109 cm³/mol. The Labute approximate surface area is 173 Å². The van der Waals surface area contributed by atoms with Crippen molar-refractivity contribution < 1.29 is 23.8 Å². The first-order valence-electron chi connectivity index (χ1n) is 8.20. The third-order valence-electron chi connectivity index (χ3n) is 3.64. The second-order valence-electron chi connectivity index (χ2n) is 5.65. The van der Waals surface area contributed by atoms with E-state index in [1.54, 1.807) is 36.4 Å². The van der Waals surface area contributed by atoms with Crippen LogP contribution in [0.4, 0.5) is 5.69 Å². The van der Waals surface area contributed by atoms with Crippen LogP contribution in [0.2, 0.25) is 10.0 Å². The monoisotopic (exact) mass is 423 g/mol. The van der Waals surface area contributed by atoms with Gasteiger partial charge in [0.25, 0.3) is 5.91 Å². The summed E-state index contributed by atoms with van der Waals surface area (Å²) in [5.74, 6) is -0.307. The summed E-state index contributed by atoms with van der Waals surface area (Å²) in [6, 6.07) is 9.86. The number of hydrogen-bond acceptors (Lipinski definition) is 5. The number of carbonyl (C=O) groups is 2. The van der Waals surface area contributed by atoms with E-state index in [-0.39, 0.29) is 0 Å². The van der Waals surface area contributed by atoms with Gasteiger partial charge in [0, 0.05) is 16.8 Å². The number of carbonyl (C=O) groups excluding carboxylic acids is 2. The van der Waals surface area contributed by atoms with Crippen molar-refractivity contribution in [1.29, 1.82) is 0 Å². The van der Waals surface area contributed by atoms with Crippen LogP contribution >= 0.6 is 23.2 Å². The molecular weight excluding hydrogens is 405 g/mol. The first-order valence-corrected chi connectivity index (χ1v) is 8.96. The molecule has 0 aliphatic carbocycles. The van der Waals surface area contributed by atoms with Gasteiger partial charge >= 0.3 is 5.97 Å². The molecular formula is C20H19Cl2NO5. The summed E-state index contributed by atoms with van der Waals surface area (Å²) in [6.45, 7) is 1.48. The van der Waals surface area contributed by atoms with Crippen LogP contribution in [0.15, 0.2) is 42.5 Å². The fourth-order valence-corrected chi connectivity index (χ4v) is 2.66. The number of esters is 1. The summed E-state index contributed by atoms with van der Waals surface area (Å²) in [4.78, 5) is 24.1. The van der Waals surface area contributed by atoms with E-state index in [4.69, 9.17) is 37.4 Å². The summed E-state index contributed by atoms with van der Waals surface area (Å²) in [5.41, 5.74) is 1.16. The van der Waals surface area contributed by atoms with Gasteiger partial charge in [-0.05, 0) is 55.0 Å². The number of rotatable bonds is 7. The normalized spacial score (nSPS) is 11.8. The van der Waals surface area contributed by atoms with Gasteiger partial charge in [-0.15, -0.1) is 0 Å². The summed E-state index contributed by atoms with van der Waals surface area (Å²) < 4.78 is 15.5. The zero-order chi connectivity index (χ0) is 20.7. The van der Waals surface area contributed by atoms with Crippen molar-refractivity contribution in [3.63, 3.8) is 0 Å². The van der Waals surface area contributed by atoms with Crippen LogP contribution < -0.4 is 14.8 Å². The van der Waals surface area contributed by atoms with Gasteiger partial charge in [-0.1, -0.05) is 23.2 Å². The van der Waals surface area contributed by atoms with Crippen molar-refractivity contribution in [1.82, 2.24) is 0 Å². The molecule has 0 aromatic heterocycles. The highest BCUT2D eigenvalue weighted by atomic mass is 35.5. The molecule has 2 aromatic rings. The Balaban J connectivity index is 1.98. The maximum atomic E-state index is 12.1. The molecule has 1 atom stereocenters. The fraction of sp³-hybridized carbons (Fsp3) is 0.200. The van der Waals surface area contributed by atoms with Gasteiger partial charge in [0.15, 0.2) is 17.6 Å². The standard InChI is InChI=1S/C20H19Cl2NO5/c1-12(20(25)23-15-7-5-14(21)6-8-15)28-18(24)9-4-13-10-16(22)19(27-3)17(11-13)26-2/h4-12H,1-3H3,(H,23,25)/b9-4+. The van der Waals surface area contributed by atoms with Crippen molar-refractivity contribution >= 4 is 46.8 Å². The van der Waals surface area contributed by atoms with E-state index in [0.29, 0.717) is 32.8 Å². The van der Waals surface area contributed by atoms with Gasteiger partial charge in [-0.25, -0.2) is 4.79 Å². The topological polar surface area (TPSA) is 73.9 Å². The molecule has 6 nitrogen and oxygen atoms in total. The van der Waals surface area contributed by atoms with Crippen LogP contribution in [0.3, 0.4) is 0 Å². The van der Waals surface area contributed by atoms with Crippen LogP contribution in [0, 0.1) is 0 Å². The van der Waals surface area contributed by atoms with Gasteiger partial charge < -0.3 is 19.5 Å². The van der Waals surface area contributed by atoms with E-state index >= 15 is 0 Å². The van der Waals surface area contributed by atoms with Crippen LogP contribution in [0.5, 0.6) is 11.5 Å². The van der Waals surface area contributed by atoms with E-state index in [2.05, 4.69) is 5.32 Å². The lowest BCUT2D eigenvalue weighted by atomic mass is 10.2. The first-order chi connectivity index (χ1) is 13.3. The Kier molecular flexibility index (Phi) is 7.72. The third-order valence-corrected chi connectivity index (χ3v) is 4.17. The Morgan fingerprint density at radius 2 is 1.75 bits per heavy atom.